The first kappa shape index (κ1) is 17.2. The van der Waals surface area contributed by atoms with E-state index >= 15 is 0 Å². The third-order valence-electron chi connectivity index (χ3n) is 5.06. The molecule has 0 spiro atoms. The Kier molecular flexibility index (Phi) is 5.09. The topological polar surface area (TPSA) is 48.6 Å². The lowest BCUT2D eigenvalue weighted by atomic mass is 10.0. The standard InChI is InChI=1S/C20H28N2O2/c1-15-9-10-19(24-15)20(3,23)14-21-18-11-12-22(13-18)16(2)17-7-5-4-6-8-17/h4-10,16,18,21,23H,11-14H2,1-3H3. The summed E-state index contributed by atoms with van der Waals surface area (Å²) < 4.78 is 5.58. The second kappa shape index (κ2) is 7.09. The Morgan fingerprint density at radius 1 is 1.29 bits per heavy atom. The molecule has 0 aliphatic carbocycles. The SMILES string of the molecule is Cc1ccc(C(C)(O)CNC2CCN(C(C)c3ccccc3)C2)o1. The number of hydrogen-bond donors (Lipinski definition) is 2. The van der Waals surface area contributed by atoms with Crippen molar-refractivity contribution in [1.29, 1.82) is 0 Å². The van der Waals surface area contributed by atoms with Crippen LogP contribution in [0.25, 0.3) is 0 Å². The molecule has 1 aromatic heterocycles. The number of aliphatic hydroxyl groups is 1. The summed E-state index contributed by atoms with van der Waals surface area (Å²) in [5.74, 6) is 1.45. The summed E-state index contributed by atoms with van der Waals surface area (Å²) in [4.78, 5) is 2.50. The third kappa shape index (κ3) is 3.89. The van der Waals surface area contributed by atoms with Gasteiger partial charge >= 0.3 is 0 Å². The number of hydrogen-bond acceptors (Lipinski definition) is 4. The Labute approximate surface area is 144 Å². The molecule has 1 fully saturated rings. The fraction of sp³-hybridized carbons (Fsp3) is 0.500. The predicted molar refractivity (Wildman–Crippen MR) is 95.9 cm³/mol. The highest BCUT2D eigenvalue weighted by Gasteiger charge is 2.31. The molecular formula is C20H28N2O2. The summed E-state index contributed by atoms with van der Waals surface area (Å²) in [5.41, 5.74) is 0.378. The predicted octanol–water partition coefficient (Wildman–Crippen LogP) is 3.22. The Balaban J connectivity index is 1.53. The molecule has 3 unspecified atom stereocenters. The van der Waals surface area contributed by atoms with Crippen LogP contribution < -0.4 is 5.32 Å². The van der Waals surface area contributed by atoms with Crippen LogP contribution in [-0.4, -0.2) is 35.7 Å². The fourth-order valence-electron chi connectivity index (χ4n) is 3.40. The fourth-order valence-corrected chi connectivity index (χ4v) is 3.40. The van der Waals surface area contributed by atoms with Gasteiger partial charge in [-0.05, 0) is 44.9 Å². The van der Waals surface area contributed by atoms with Crippen LogP contribution in [0.1, 0.15) is 43.4 Å². The van der Waals surface area contributed by atoms with Crippen LogP contribution in [-0.2, 0) is 5.60 Å². The molecule has 1 aliphatic heterocycles. The van der Waals surface area contributed by atoms with Crippen LogP contribution in [0.5, 0.6) is 0 Å². The highest BCUT2D eigenvalue weighted by molar-refractivity contribution is 5.19. The number of rotatable bonds is 6. The lowest BCUT2D eigenvalue weighted by molar-refractivity contribution is 0.0309. The van der Waals surface area contributed by atoms with Crippen LogP contribution in [0, 0.1) is 6.92 Å². The molecule has 24 heavy (non-hydrogen) atoms. The Morgan fingerprint density at radius 3 is 2.71 bits per heavy atom. The highest BCUT2D eigenvalue weighted by Crippen LogP contribution is 2.26. The Hall–Kier alpha value is -1.62. The van der Waals surface area contributed by atoms with Crippen molar-refractivity contribution in [1.82, 2.24) is 10.2 Å². The Morgan fingerprint density at radius 2 is 2.04 bits per heavy atom. The number of furan rings is 1. The van der Waals surface area contributed by atoms with Crippen LogP contribution in [0.15, 0.2) is 46.9 Å². The maximum absolute atomic E-state index is 10.6. The van der Waals surface area contributed by atoms with Gasteiger partial charge in [0.2, 0.25) is 0 Å². The van der Waals surface area contributed by atoms with Crippen molar-refractivity contribution >= 4 is 0 Å². The number of nitrogens with zero attached hydrogens (tertiary/aromatic N) is 1. The largest absolute Gasteiger partial charge is 0.463 e. The van der Waals surface area contributed by atoms with Gasteiger partial charge in [-0.25, -0.2) is 0 Å². The van der Waals surface area contributed by atoms with Gasteiger partial charge in [-0.1, -0.05) is 30.3 Å². The average Bonchev–Trinajstić information content (AvgIpc) is 3.22. The molecule has 0 radical (unpaired) electrons. The molecule has 1 aliphatic rings. The van der Waals surface area contributed by atoms with Gasteiger partial charge in [0.25, 0.3) is 0 Å². The summed E-state index contributed by atoms with van der Waals surface area (Å²) in [6.07, 6.45) is 1.10. The Bertz CT molecular complexity index is 651. The highest BCUT2D eigenvalue weighted by atomic mass is 16.4. The molecular weight excluding hydrogens is 300 g/mol. The summed E-state index contributed by atoms with van der Waals surface area (Å²) in [6.45, 7) is 8.54. The summed E-state index contributed by atoms with van der Waals surface area (Å²) in [5, 5.41) is 14.2. The van der Waals surface area contributed by atoms with Crippen LogP contribution in [0.4, 0.5) is 0 Å². The number of aryl methyl sites for hydroxylation is 1. The van der Waals surface area contributed by atoms with E-state index in [0.29, 0.717) is 24.4 Å². The molecule has 3 atom stereocenters. The quantitative estimate of drug-likeness (QED) is 0.855. The minimum absolute atomic E-state index is 0.402. The summed E-state index contributed by atoms with van der Waals surface area (Å²) in [7, 11) is 0. The molecule has 3 rings (SSSR count). The van der Waals surface area contributed by atoms with Gasteiger partial charge in [0.15, 0.2) is 0 Å². The van der Waals surface area contributed by atoms with Gasteiger partial charge in [-0.15, -0.1) is 0 Å². The molecule has 0 saturated carbocycles. The zero-order valence-electron chi connectivity index (χ0n) is 14.8. The van der Waals surface area contributed by atoms with E-state index in [4.69, 9.17) is 4.42 Å². The lowest BCUT2D eigenvalue weighted by Gasteiger charge is -2.26. The monoisotopic (exact) mass is 328 g/mol. The van der Waals surface area contributed by atoms with Gasteiger partial charge in [0, 0.05) is 31.7 Å². The van der Waals surface area contributed by atoms with E-state index < -0.39 is 5.60 Å². The van der Waals surface area contributed by atoms with E-state index in [9.17, 15) is 5.11 Å². The molecule has 130 valence electrons. The van der Waals surface area contributed by atoms with Crippen molar-refractivity contribution in [2.75, 3.05) is 19.6 Å². The van der Waals surface area contributed by atoms with Crippen molar-refractivity contribution in [3.05, 3.63) is 59.5 Å². The molecule has 4 heteroatoms. The second-order valence-corrected chi connectivity index (χ2v) is 7.13. The minimum atomic E-state index is -0.979. The molecule has 2 N–H and O–H groups in total. The van der Waals surface area contributed by atoms with Crippen LogP contribution >= 0.6 is 0 Å². The van der Waals surface area contributed by atoms with Gasteiger partial charge in [-0.3, -0.25) is 4.90 Å². The van der Waals surface area contributed by atoms with Crippen molar-refractivity contribution in [2.24, 2.45) is 0 Å². The van der Waals surface area contributed by atoms with Crippen molar-refractivity contribution in [2.45, 2.75) is 44.9 Å². The number of likely N-dealkylation sites (tertiary alicyclic amines) is 1. The van der Waals surface area contributed by atoms with Crippen molar-refractivity contribution in [3.8, 4) is 0 Å². The first-order valence-electron chi connectivity index (χ1n) is 8.77. The van der Waals surface area contributed by atoms with Crippen molar-refractivity contribution in [3.63, 3.8) is 0 Å². The minimum Gasteiger partial charge on any atom is -0.463 e. The average molecular weight is 328 g/mol. The van der Waals surface area contributed by atoms with Crippen LogP contribution in [0.3, 0.4) is 0 Å². The summed E-state index contributed by atoms with van der Waals surface area (Å²) in [6, 6.07) is 15.2. The molecule has 4 nitrogen and oxygen atoms in total. The van der Waals surface area contributed by atoms with Gasteiger partial charge in [0.1, 0.15) is 17.1 Å². The van der Waals surface area contributed by atoms with E-state index in [1.165, 1.54) is 5.56 Å². The first-order valence-corrected chi connectivity index (χ1v) is 8.77. The lowest BCUT2D eigenvalue weighted by Crippen LogP contribution is -2.42. The smallest absolute Gasteiger partial charge is 0.136 e. The molecule has 1 saturated heterocycles. The first-order chi connectivity index (χ1) is 11.5. The molecule has 1 aromatic carbocycles. The van der Waals surface area contributed by atoms with E-state index in [1.807, 2.05) is 19.1 Å². The molecule has 0 bridgehead atoms. The van der Waals surface area contributed by atoms with Crippen LogP contribution in [0.2, 0.25) is 0 Å². The van der Waals surface area contributed by atoms with Crippen molar-refractivity contribution < 1.29 is 9.52 Å². The van der Waals surface area contributed by atoms with Gasteiger partial charge in [0.05, 0.1) is 0 Å². The number of benzene rings is 1. The zero-order chi connectivity index (χ0) is 17.2. The van der Waals surface area contributed by atoms with E-state index in [0.717, 1.165) is 25.3 Å². The number of nitrogens with one attached hydrogen (secondary N) is 1. The maximum Gasteiger partial charge on any atom is 0.136 e. The van der Waals surface area contributed by atoms with E-state index in [2.05, 4.69) is 47.5 Å². The van der Waals surface area contributed by atoms with E-state index in [1.54, 1.807) is 6.92 Å². The van der Waals surface area contributed by atoms with Gasteiger partial charge in [-0.2, -0.15) is 0 Å². The third-order valence-corrected chi connectivity index (χ3v) is 5.06. The normalized spacial score (nSPS) is 22.4. The summed E-state index contributed by atoms with van der Waals surface area (Å²) >= 11 is 0. The maximum atomic E-state index is 10.6. The van der Waals surface area contributed by atoms with Gasteiger partial charge < -0.3 is 14.8 Å². The molecule has 0 amide bonds. The molecule has 2 heterocycles. The second-order valence-electron chi connectivity index (χ2n) is 7.13. The molecule has 2 aromatic rings. The van der Waals surface area contributed by atoms with E-state index in [-0.39, 0.29) is 0 Å². The zero-order valence-corrected chi connectivity index (χ0v) is 14.8.